The van der Waals surface area contributed by atoms with Crippen LogP contribution in [-0.4, -0.2) is 37.8 Å². The molecule has 0 radical (unpaired) electrons. The molecule has 1 aliphatic rings. The van der Waals surface area contributed by atoms with Crippen LogP contribution in [-0.2, 0) is 14.6 Å². The Hall–Kier alpha value is -0.290. The summed E-state index contributed by atoms with van der Waals surface area (Å²) >= 11 is 5.53. The third-order valence-electron chi connectivity index (χ3n) is 2.22. The molecule has 6 heteroatoms. The Morgan fingerprint density at radius 2 is 2.29 bits per heavy atom. The number of rotatable bonds is 3. The van der Waals surface area contributed by atoms with Crippen LogP contribution in [0.5, 0.6) is 0 Å². The van der Waals surface area contributed by atoms with Crippen molar-refractivity contribution in [1.29, 1.82) is 0 Å². The summed E-state index contributed by atoms with van der Waals surface area (Å²) in [5.41, 5.74) is 0. The van der Waals surface area contributed by atoms with E-state index in [4.69, 9.17) is 11.6 Å². The number of hydrogen-bond donors (Lipinski definition) is 1. The molecule has 14 heavy (non-hydrogen) atoms. The normalized spacial score (nSPS) is 27.1. The SMILES string of the molecule is CC(CCl)NC(=O)C1CCS(=O)(=O)C1. The molecule has 1 heterocycles. The average molecular weight is 240 g/mol. The molecular formula is C8H14ClNO3S. The molecule has 2 atom stereocenters. The summed E-state index contributed by atoms with van der Waals surface area (Å²) < 4.78 is 22.2. The van der Waals surface area contributed by atoms with Gasteiger partial charge in [0.25, 0.3) is 0 Å². The van der Waals surface area contributed by atoms with Crippen molar-refractivity contribution in [2.75, 3.05) is 17.4 Å². The fourth-order valence-electron chi connectivity index (χ4n) is 1.40. The minimum absolute atomic E-state index is 0.0200. The van der Waals surface area contributed by atoms with E-state index >= 15 is 0 Å². The number of alkyl halides is 1. The first-order valence-electron chi connectivity index (χ1n) is 4.51. The Balaban J connectivity index is 2.48. The highest BCUT2D eigenvalue weighted by molar-refractivity contribution is 7.91. The maximum absolute atomic E-state index is 11.5. The fourth-order valence-corrected chi connectivity index (χ4v) is 3.22. The van der Waals surface area contributed by atoms with Crippen molar-refractivity contribution >= 4 is 27.3 Å². The van der Waals surface area contributed by atoms with Crippen LogP contribution in [0.3, 0.4) is 0 Å². The monoisotopic (exact) mass is 239 g/mol. The number of amides is 1. The molecule has 0 aliphatic carbocycles. The molecule has 82 valence electrons. The van der Waals surface area contributed by atoms with E-state index in [2.05, 4.69) is 5.32 Å². The molecule has 1 N–H and O–H groups in total. The largest absolute Gasteiger partial charge is 0.352 e. The standard InChI is InChI=1S/C8H14ClNO3S/c1-6(4-9)10-8(11)7-2-3-14(12,13)5-7/h6-7H,2-5H2,1H3,(H,10,11). The Bertz CT molecular complexity index is 315. The molecule has 1 amide bonds. The van der Waals surface area contributed by atoms with Crippen LogP contribution in [0, 0.1) is 5.92 Å². The van der Waals surface area contributed by atoms with Crippen LogP contribution in [0.4, 0.5) is 0 Å². The van der Waals surface area contributed by atoms with Crippen molar-refractivity contribution < 1.29 is 13.2 Å². The molecule has 0 bridgehead atoms. The number of carbonyl (C=O) groups excluding carboxylic acids is 1. The van der Waals surface area contributed by atoms with Crippen LogP contribution in [0.15, 0.2) is 0 Å². The maximum Gasteiger partial charge on any atom is 0.224 e. The Morgan fingerprint density at radius 3 is 2.71 bits per heavy atom. The second-order valence-electron chi connectivity index (χ2n) is 3.66. The van der Waals surface area contributed by atoms with Gasteiger partial charge in [-0.15, -0.1) is 11.6 Å². The third kappa shape index (κ3) is 3.13. The average Bonchev–Trinajstić information content (AvgIpc) is 2.46. The fraction of sp³-hybridized carbons (Fsp3) is 0.875. The summed E-state index contributed by atoms with van der Waals surface area (Å²) in [6.45, 7) is 1.79. The van der Waals surface area contributed by atoms with Crippen molar-refractivity contribution in [1.82, 2.24) is 5.32 Å². The molecule has 1 fully saturated rings. The summed E-state index contributed by atoms with van der Waals surface area (Å²) in [6, 6.07) is -0.104. The van der Waals surface area contributed by atoms with Gasteiger partial charge in [-0.3, -0.25) is 4.79 Å². The van der Waals surface area contributed by atoms with E-state index in [0.29, 0.717) is 12.3 Å². The van der Waals surface area contributed by atoms with E-state index < -0.39 is 9.84 Å². The van der Waals surface area contributed by atoms with Gasteiger partial charge in [-0.25, -0.2) is 8.42 Å². The minimum atomic E-state index is -2.98. The van der Waals surface area contributed by atoms with Gasteiger partial charge in [0.15, 0.2) is 9.84 Å². The van der Waals surface area contributed by atoms with E-state index in [9.17, 15) is 13.2 Å². The molecule has 4 nitrogen and oxygen atoms in total. The van der Waals surface area contributed by atoms with Gasteiger partial charge in [0.2, 0.25) is 5.91 Å². The van der Waals surface area contributed by atoms with Crippen molar-refractivity contribution in [2.45, 2.75) is 19.4 Å². The number of sulfone groups is 1. The molecule has 0 spiro atoms. The Kier molecular flexibility index (Phi) is 3.78. The first-order valence-corrected chi connectivity index (χ1v) is 6.87. The maximum atomic E-state index is 11.5. The van der Waals surface area contributed by atoms with E-state index in [-0.39, 0.29) is 29.4 Å². The van der Waals surface area contributed by atoms with Crippen LogP contribution >= 0.6 is 11.6 Å². The highest BCUT2D eigenvalue weighted by Crippen LogP contribution is 2.18. The molecule has 2 unspecified atom stereocenters. The molecule has 0 saturated carbocycles. The highest BCUT2D eigenvalue weighted by Gasteiger charge is 2.33. The van der Waals surface area contributed by atoms with Crippen molar-refractivity contribution in [2.24, 2.45) is 5.92 Å². The molecule has 0 aromatic heterocycles. The quantitative estimate of drug-likeness (QED) is 0.714. The predicted octanol–water partition coefficient (Wildman–Crippen LogP) is 0.165. The third-order valence-corrected chi connectivity index (χ3v) is 4.45. The van der Waals surface area contributed by atoms with Crippen LogP contribution in [0.25, 0.3) is 0 Å². The molecule has 1 rings (SSSR count). The van der Waals surface area contributed by atoms with Gasteiger partial charge >= 0.3 is 0 Å². The zero-order valence-corrected chi connectivity index (χ0v) is 9.57. The van der Waals surface area contributed by atoms with Crippen molar-refractivity contribution in [3.63, 3.8) is 0 Å². The van der Waals surface area contributed by atoms with Gasteiger partial charge in [-0.2, -0.15) is 0 Å². The zero-order valence-electron chi connectivity index (χ0n) is 7.99. The van der Waals surface area contributed by atoms with E-state index in [1.807, 2.05) is 0 Å². The first kappa shape index (κ1) is 11.8. The lowest BCUT2D eigenvalue weighted by atomic mass is 10.1. The van der Waals surface area contributed by atoms with Crippen molar-refractivity contribution in [3.05, 3.63) is 0 Å². The summed E-state index contributed by atoms with van der Waals surface area (Å²) in [5, 5.41) is 2.67. The molecule has 0 aromatic rings. The molecular weight excluding hydrogens is 226 g/mol. The lowest BCUT2D eigenvalue weighted by molar-refractivity contribution is -0.124. The van der Waals surface area contributed by atoms with Crippen LogP contribution < -0.4 is 5.32 Å². The van der Waals surface area contributed by atoms with Gasteiger partial charge < -0.3 is 5.32 Å². The summed E-state index contributed by atoms with van der Waals surface area (Å²) in [6.07, 6.45) is 0.434. The molecule has 1 aliphatic heterocycles. The first-order chi connectivity index (χ1) is 6.44. The van der Waals surface area contributed by atoms with Gasteiger partial charge in [0, 0.05) is 11.9 Å². The smallest absolute Gasteiger partial charge is 0.224 e. The van der Waals surface area contributed by atoms with E-state index in [1.54, 1.807) is 6.92 Å². The number of hydrogen-bond acceptors (Lipinski definition) is 3. The second kappa shape index (κ2) is 4.49. The molecule has 0 aromatic carbocycles. The van der Waals surface area contributed by atoms with Crippen LogP contribution in [0.1, 0.15) is 13.3 Å². The lowest BCUT2D eigenvalue weighted by Gasteiger charge is -2.13. The van der Waals surface area contributed by atoms with Gasteiger partial charge in [-0.1, -0.05) is 0 Å². The van der Waals surface area contributed by atoms with Gasteiger partial charge in [0.1, 0.15) is 0 Å². The van der Waals surface area contributed by atoms with Gasteiger partial charge in [0.05, 0.1) is 17.4 Å². The topological polar surface area (TPSA) is 63.2 Å². The molecule has 1 saturated heterocycles. The van der Waals surface area contributed by atoms with E-state index in [0.717, 1.165) is 0 Å². The Labute approximate surface area is 88.9 Å². The number of nitrogens with one attached hydrogen (secondary N) is 1. The summed E-state index contributed by atoms with van der Waals surface area (Å²) in [7, 11) is -2.98. The van der Waals surface area contributed by atoms with Gasteiger partial charge in [-0.05, 0) is 13.3 Å². The minimum Gasteiger partial charge on any atom is -0.352 e. The zero-order chi connectivity index (χ0) is 10.8. The summed E-state index contributed by atoms with van der Waals surface area (Å²) in [4.78, 5) is 11.5. The second-order valence-corrected chi connectivity index (χ2v) is 6.20. The summed E-state index contributed by atoms with van der Waals surface area (Å²) in [5.74, 6) is -0.135. The lowest BCUT2D eigenvalue weighted by Crippen LogP contribution is -2.38. The van der Waals surface area contributed by atoms with Crippen molar-refractivity contribution in [3.8, 4) is 0 Å². The highest BCUT2D eigenvalue weighted by atomic mass is 35.5. The predicted molar refractivity (Wildman–Crippen MR) is 55.1 cm³/mol. The Morgan fingerprint density at radius 1 is 1.64 bits per heavy atom. The number of carbonyl (C=O) groups is 1. The van der Waals surface area contributed by atoms with Crippen LogP contribution in [0.2, 0.25) is 0 Å². The number of halogens is 1. The van der Waals surface area contributed by atoms with E-state index in [1.165, 1.54) is 0 Å².